The standard InChI is InChI=1S/C9H18N4O3.C3H8.2C2H6/c1-11-7(8(15)12-5-6-14)3-2-4-13-9(10)16;1-3-2;2*1-2/h6-7,11H,2-5H2,1H3,(H,12,15)(H3,10,13,16);3H2,1-2H3;2*1-2H3. The van der Waals surface area contributed by atoms with Crippen molar-refractivity contribution in [1.82, 2.24) is 16.0 Å². The highest BCUT2D eigenvalue weighted by Crippen LogP contribution is 1.95. The summed E-state index contributed by atoms with van der Waals surface area (Å²) in [4.78, 5) is 31.8. The largest absolute Gasteiger partial charge is 0.352 e. The van der Waals surface area contributed by atoms with Gasteiger partial charge in [0.2, 0.25) is 5.91 Å². The first-order chi connectivity index (χ1) is 11.0. The van der Waals surface area contributed by atoms with Gasteiger partial charge in [0.25, 0.3) is 0 Å². The zero-order chi connectivity index (χ0) is 19.1. The van der Waals surface area contributed by atoms with Gasteiger partial charge in [0, 0.05) is 6.54 Å². The fourth-order valence-electron chi connectivity index (χ4n) is 1.19. The molecule has 0 aliphatic heterocycles. The molecule has 0 aromatic rings. The molecule has 5 N–H and O–H groups in total. The Morgan fingerprint density at radius 1 is 1.09 bits per heavy atom. The Morgan fingerprint density at radius 2 is 1.57 bits per heavy atom. The summed E-state index contributed by atoms with van der Waals surface area (Å²) in [6.07, 6.45) is 3.06. The number of rotatable bonds is 8. The van der Waals surface area contributed by atoms with Crippen LogP contribution in [0.3, 0.4) is 0 Å². The third kappa shape index (κ3) is 29.1. The molecule has 0 saturated heterocycles. The summed E-state index contributed by atoms with van der Waals surface area (Å²) in [6, 6.07) is -0.943. The van der Waals surface area contributed by atoms with E-state index >= 15 is 0 Å². The number of carbonyl (C=O) groups excluding carboxylic acids is 3. The van der Waals surface area contributed by atoms with Crippen LogP contribution in [0.15, 0.2) is 0 Å². The third-order valence-electron chi connectivity index (χ3n) is 1.99. The van der Waals surface area contributed by atoms with E-state index in [9.17, 15) is 14.4 Å². The van der Waals surface area contributed by atoms with Gasteiger partial charge in [-0.15, -0.1) is 0 Å². The van der Waals surface area contributed by atoms with Crippen molar-refractivity contribution in [3.63, 3.8) is 0 Å². The fraction of sp³-hybridized carbons (Fsp3) is 0.812. The molecule has 0 heterocycles. The van der Waals surface area contributed by atoms with E-state index in [2.05, 4.69) is 29.8 Å². The van der Waals surface area contributed by atoms with Crippen LogP contribution in [-0.4, -0.2) is 44.4 Å². The Bertz CT molecular complexity index is 262. The van der Waals surface area contributed by atoms with Gasteiger partial charge in [0.15, 0.2) is 0 Å². The molecule has 1 unspecified atom stereocenters. The van der Waals surface area contributed by atoms with Crippen molar-refractivity contribution in [3.05, 3.63) is 0 Å². The maximum Gasteiger partial charge on any atom is 0.312 e. The van der Waals surface area contributed by atoms with E-state index in [-0.39, 0.29) is 18.5 Å². The second-order valence-electron chi connectivity index (χ2n) is 3.89. The van der Waals surface area contributed by atoms with Gasteiger partial charge < -0.3 is 26.5 Å². The molecule has 1 atom stereocenters. The number of nitrogens with two attached hydrogens (primary N) is 1. The summed E-state index contributed by atoms with van der Waals surface area (Å²) < 4.78 is 0. The van der Waals surface area contributed by atoms with Gasteiger partial charge in [-0.05, 0) is 19.9 Å². The summed E-state index contributed by atoms with van der Waals surface area (Å²) in [5.41, 5.74) is 4.88. The van der Waals surface area contributed by atoms with Gasteiger partial charge in [-0.25, -0.2) is 4.79 Å². The topological polar surface area (TPSA) is 113 Å². The van der Waals surface area contributed by atoms with Crippen LogP contribution in [0.2, 0.25) is 0 Å². The quantitative estimate of drug-likeness (QED) is 0.400. The van der Waals surface area contributed by atoms with Crippen molar-refractivity contribution < 1.29 is 14.4 Å². The number of nitrogens with one attached hydrogen (secondary N) is 3. The summed E-state index contributed by atoms with van der Waals surface area (Å²) in [6.45, 7) is 12.7. The monoisotopic (exact) mass is 334 g/mol. The molecule has 0 aromatic heterocycles. The molecule has 0 bridgehead atoms. The van der Waals surface area contributed by atoms with Crippen LogP contribution in [0.5, 0.6) is 0 Å². The molecule has 0 fully saturated rings. The molecule has 0 aliphatic carbocycles. The SMILES string of the molecule is CC.CC.CCC.CNC(CCCNC(N)=O)C(=O)NCC=O. The van der Waals surface area contributed by atoms with Crippen LogP contribution >= 0.6 is 0 Å². The fourth-order valence-corrected chi connectivity index (χ4v) is 1.19. The Labute approximate surface area is 142 Å². The minimum absolute atomic E-state index is 0.0105. The van der Waals surface area contributed by atoms with E-state index in [1.165, 1.54) is 6.42 Å². The molecule has 23 heavy (non-hydrogen) atoms. The normalized spacial score (nSPS) is 9.35. The number of primary amides is 1. The maximum absolute atomic E-state index is 11.4. The van der Waals surface area contributed by atoms with Crippen molar-refractivity contribution >= 4 is 18.2 Å². The van der Waals surface area contributed by atoms with Crippen molar-refractivity contribution in [1.29, 1.82) is 0 Å². The Morgan fingerprint density at radius 3 is 1.91 bits per heavy atom. The van der Waals surface area contributed by atoms with Crippen LogP contribution in [-0.2, 0) is 9.59 Å². The van der Waals surface area contributed by atoms with Crippen LogP contribution in [0.4, 0.5) is 4.79 Å². The first kappa shape index (κ1) is 29.4. The zero-order valence-electron chi connectivity index (χ0n) is 16.0. The van der Waals surface area contributed by atoms with E-state index in [1.54, 1.807) is 7.05 Å². The average Bonchev–Trinajstić information content (AvgIpc) is 2.57. The third-order valence-corrected chi connectivity index (χ3v) is 1.99. The number of urea groups is 1. The summed E-state index contributed by atoms with van der Waals surface area (Å²) in [5.74, 6) is -0.228. The van der Waals surface area contributed by atoms with Crippen LogP contribution in [0.1, 0.15) is 60.8 Å². The number of aldehydes is 1. The van der Waals surface area contributed by atoms with Gasteiger partial charge in [-0.2, -0.15) is 0 Å². The second kappa shape index (κ2) is 28.5. The first-order valence-electron chi connectivity index (χ1n) is 8.45. The summed E-state index contributed by atoms with van der Waals surface area (Å²) >= 11 is 0. The van der Waals surface area contributed by atoms with Crippen molar-refractivity contribution in [3.8, 4) is 0 Å². The van der Waals surface area contributed by atoms with Crippen LogP contribution in [0, 0.1) is 0 Å². The molecule has 0 aromatic carbocycles. The molecule has 0 radical (unpaired) electrons. The van der Waals surface area contributed by atoms with E-state index in [4.69, 9.17) is 5.73 Å². The maximum atomic E-state index is 11.4. The van der Waals surface area contributed by atoms with Gasteiger partial charge in [0.05, 0.1) is 12.6 Å². The lowest BCUT2D eigenvalue weighted by Crippen LogP contribution is -2.43. The lowest BCUT2D eigenvalue weighted by atomic mass is 10.1. The average molecular weight is 335 g/mol. The number of hydrogen-bond acceptors (Lipinski definition) is 4. The smallest absolute Gasteiger partial charge is 0.312 e. The highest BCUT2D eigenvalue weighted by atomic mass is 16.2. The lowest BCUT2D eigenvalue weighted by Gasteiger charge is -2.14. The van der Waals surface area contributed by atoms with E-state index < -0.39 is 6.03 Å². The highest BCUT2D eigenvalue weighted by molar-refractivity contribution is 5.83. The number of likely N-dealkylation sites (N-methyl/N-ethyl adjacent to an activating group) is 1. The first-order valence-corrected chi connectivity index (χ1v) is 8.45. The predicted octanol–water partition coefficient (Wildman–Crippen LogP) is 1.81. The van der Waals surface area contributed by atoms with E-state index in [0.717, 1.165) is 0 Å². The molecule has 7 heteroatoms. The van der Waals surface area contributed by atoms with Gasteiger partial charge in [-0.1, -0.05) is 48.0 Å². The molecule has 0 spiro atoms. The molecule has 0 saturated carbocycles. The van der Waals surface area contributed by atoms with Crippen molar-refractivity contribution in [2.45, 2.75) is 66.8 Å². The number of amides is 3. The Balaban J connectivity index is -0.000000222. The Kier molecular flexibility index (Phi) is 36.4. The van der Waals surface area contributed by atoms with Gasteiger partial charge in [0.1, 0.15) is 6.29 Å². The summed E-state index contributed by atoms with van der Waals surface area (Å²) in [7, 11) is 1.66. The molecule has 7 nitrogen and oxygen atoms in total. The minimum Gasteiger partial charge on any atom is -0.352 e. The Hall–Kier alpha value is -1.63. The number of carbonyl (C=O) groups is 3. The second-order valence-corrected chi connectivity index (χ2v) is 3.89. The molecule has 0 rings (SSSR count). The zero-order valence-corrected chi connectivity index (χ0v) is 16.0. The molecular weight excluding hydrogens is 296 g/mol. The molecule has 140 valence electrons. The van der Waals surface area contributed by atoms with E-state index in [1.807, 2.05) is 27.7 Å². The van der Waals surface area contributed by atoms with Crippen LogP contribution in [0.25, 0.3) is 0 Å². The van der Waals surface area contributed by atoms with Crippen LogP contribution < -0.4 is 21.7 Å². The molecular formula is C16H38N4O3. The predicted molar refractivity (Wildman–Crippen MR) is 97.4 cm³/mol. The molecule has 0 aliphatic rings. The summed E-state index contributed by atoms with van der Waals surface area (Å²) in [5, 5.41) is 7.71. The number of hydrogen-bond donors (Lipinski definition) is 4. The molecule has 3 amide bonds. The van der Waals surface area contributed by atoms with E-state index in [0.29, 0.717) is 25.7 Å². The van der Waals surface area contributed by atoms with Gasteiger partial charge in [-0.3, -0.25) is 4.79 Å². The highest BCUT2D eigenvalue weighted by Gasteiger charge is 2.14. The van der Waals surface area contributed by atoms with Crippen molar-refractivity contribution in [2.75, 3.05) is 20.1 Å². The minimum atomic E-state index is -0.577. The lowest BCUT2D eigenvalue weighted by molar-refractivity contribution is -0.124. The van der Waals surface area contributed by atoms with Crippen molar-refractivity contribution in [2.24, 2.45) is 5.73 Å². The van der Waals surface area contributed by atoms with Gasteiger partial charge >= 0.3 is 6.03 Å².